The first-order valence-electron chi connectivity index (χ1n) is 8.02. The van der Waals surface area contributed by atoms with Gasteiger partial charge in [0.15, 0.2) is 0 Å². The topological polar surface area (TPSA) is 33.1 Å². The van der Waals surface area contributed by atoms with Crippen LogP contribution in [0.5, 0.6) is 0 Å². The molecule has 1 heterocycles. The maximum absolute atomic E-state index is 13.6. The summed E-state index contributed by atoms with van der Waals surface area (Å²) in [6.07, 6.45) is -7.38. The predicted octanol–water partition coefficient (Wildman–Crippen LogP) is 5.40. The number of rotatable bonds is 3. The highest BCUT2D eigenvalue weighted by Crippen LogP contribution is 2.45. The van der Waals surface area contributed by atoms with Crippen molar-refractivity contribution in [2.24, 2.45) is 0 Å². The smallest absolute Gasteiger partial charge is 0.376 e. The van der Waals surface area contributed by atoms with Crippen LogP contribution in [0.25, 0.3) is 0 Å². The van der Waals surface area contributed by atoms with Gasteiger partial charge in [0.25, 0.3) is 0 Å². The molecule has 1 N–H and O–H groups in total. The van der Waals surface area contributed by atoms with Gasteiger partial charge < -0.3 is 5.11 Å². The predicted molar refractivity (Wildman–Crippen MR) is 89.2 cm³/mol. The first-order chi connectivity index (χ1) is 13.0. The van der Waals surface area contributed by atoms with E-state index in [2.05, 4.69) is 4.98 Å². The van der Waals surface area contributed by atoms with Gasteiger partial charge in [0, 0.05) is 18.0 Å². The fourth-order valence-electron chi connectivity index (χ4n) is 3.02. The van der Waals surface area contributed by atoms with E-state index in [9.17, 15) is 31.4 Å². The molecule has 0 saturated carbocycles. The lowest BCUT2D eigenvalue weighted by Crippen LogP contribution is -2.32. The molecule has 1 unspecified atom stereocenters. The third-order valence-corrected chi connectivity index (χ3v) is 4.33. The van der Waals surface area contributed by atoms with Gasteiger partial charge in [0.2, 0.25) is 0 Å². The SMILES string of the molecule is OC(c1ccccc1)(c1ccncc1)c1cc(C(F)(F)F)ccc1C(F)(F)F. The molecule has 0 amide bonds. The van der Waals surface area contributed by atoms with Crippen LogP contribution in [0.1, 0.15) is 27.8 Å². The van der Waals surface area contributed by atoms with Crippen LogP contribution in [0, 0.1) is 0 Å². The van der Waals surface area contributed by atoms with E-state index in [1.54, 1.807) is 6.07 Å². The van der Waals surface area contributed by atoms with Gasteiger partial charge in [0.1, 0.15) is 5.60 Å². The molecule has 0 fully saturated rings. The molecule has 1 aromatic heterocycles. The molecule has 0 spiro atoms. The summed E-state index contributed by atoms with van der Waals surface area (Å²) in [5, 5.41) is 11.5. The molecule has 0 aliphatic carbocycles. The Bertz CT molecular complexity index is 912. The first-order valence-corrected chi connectivity index (χ1v) is 8.02. The number of alkyl halides is 6. The maximum atomic E-state index is 13.6. The Morgan fingerprint density at radius 1 is 0.607 bits per heavy atom. The van der Waals surface area contributed by atoms with Gasteiger partial charge in [-0.05, 0) is 41.5 Å². The van der Waals surface area contributed by atoms with Crippen LogP contribution < -0.4 is 0 Å². The Kier molecular flexibility index (Phi) is 4.93. The standard InChI is InChI=1S/C20H13F6NO/c21-19(22,23)15-6-7-16(20(24,25)26)17(12-15)18(28,13-4-2-1-3-5-13)14-8-10-27-11-9-14/h1-12,28H. The van der Waals surface area contributed by atoms with Crippen LogP contribution >= 0.6 is 0 Å². The second-order valence-electron chi connectivity index (χ2n) is 6.07. The number of hydrogen-bond acceptors (Lipinski definition) is 2. The fraction of sp³-hybridized carbons (Fsp3) is 0.150. The minimum Gasteiger partial charge on any atom is -0.376 e. The highest BCUT2D eigenvalue weighted by molar-refractivity contribution is 5.51. The quantitative estimate of drug-likeness (QED) is 0.600. The van der Waals surface area contributed by atoms with Gasteiger partial charge in [-0.15, -0.1) is 0 Å². The van der Waals surface area contributed by atoms with Crippen LogP contribution in [-0.4, -0.2) is 10.1 Å². The molecule has 3 aromatic rings. The normalized spacial score (nSPS) is 14.5. The van der Waals surface area contributed by atoms with E-state index in [1.807, 2.05) is 0 Å². The molecule has 0 radical (unpaired) electrons. The van der Waals surface area contributed by atoms with Crippen molar-refractivity contribution in [1.29, 1.82) is 0 Å². The largest absolute Gasteiger partial charge is 0.416 e. The van der Waals surface area contributed by atoms with E-state index in [0.29, 0.717) is 18.2 Å². The van der Waals surface area contributed by atoms with E-state index in [0.717, 1.165) is 0 Å². The minimum atomic E-state index is -4.98. The van der Waals surface area contributed by atoms with Gasteiger partial charge in [0.05, 0.1) is 11.1 Å². The number of aromatic nitrogens is 1. The summed E-state index contributed by atoms with van der Waals surface area (Å²) in [5.41, 5.74) is -6.09. The van der Waals surface area contributed by atoms with E-state index in [4.69, 9.17) is 0 Å². The third-order valence-electron chi connectivity index (χ3n) is 4.33. The molecule has 1 atom stereocenters. The number of hydrogen-bond donors (Lipinski definition) is 1. The molecule has 0 saturated heterocycles. The number of halogens is 6. The van der Waals surface area contributed by atoms with E-state index < -0.39 is 34.6 Å². The molecule has 2 aromatic carbocycles. The van der Waals surface area contributed by atoms with Crippen molar-refractivity contribution in [3.63, 3.8) is 0 Å². The molecule has 0 aliphatic heterocycles. The number of pyridine rings is 1. The number of aliphatic hydroxyl groups is 1. The summed E-state index contributed by atoms with van der Waals surface area (Å²) >= 11 is 0. The molecule has 8 heteroatoms. The van der Waals surface area contributed by atoms with Crippen LogP contribution in [-0.2, 0) is 18.0 Å². The molecular formula is C20H13F6NO. The number of nitrogens with zero attached hydrogens (tertiary/aromatic N) is 1. The van der Waals surface area contributed by atoms with Gasteiger partial charge in [-0.3, -0.25) is 4.98 Å². The van der Waals surface area contributed by atoms with E-state index >= 15 is 0 Å². The van der Waals surface area contributed by atoms with Gasteiger partial charge >= 0.3 is 12.4 Å². The molecule has 146 valence electrons. The Morgan fingerprint density at radius 2 is 1.18 bits per heavy atom. The highest BCUT2D eigenvalue weighted by atomic mass is 19.4. The van der Waals surface area contributed by atoms with E-state index in [1.165, 1.54) is 48.8 Å². The van der Waals surface area contributed by atoms with Gasteiger partial charge in [-0.1, -0.05) is 30.3 Å². The van der Waals surface area contributed by atoms with Crippen molar-refractivity contribution < 1.29 is 31.4 Å². The van der Waals surface area contributed by atoms with Crippen molar-refractivity contribution in [3.8, 4) is 0 Å². The Hall–Kier alpha value is -2.87. The summed E-state index contributed by atoms with van der Waals surface area (Å²) in [6, 6.07) is 10.8. The first kappa shape index (κ1) is 19.9. The second-order valence-corrected chi connectivity index (χ2v) is 6.07. The Balaban J connectivity index is 2.40. The average Bonchev–Trinajstić information content (AvgIpc) is 2.67. The van der Waals surface area contributed by atoms with Crippen molar-refractivity contribution in [3.05, 3.63) is 101 Å². The van der Waals surface area contributed by atoms with Crippen molar-refractivity contribution in [1.82, 2.24) is 4.98 Å². The second kappa shape index (κ2) is 6.94. The zero-order chi connectivity index (χ0) is 20.6. The Morgan fingerprint density at radius 3 is 1.71 bits per heavy atom. The highest BCUT2D eigenvalue weighted by Gasteiger charge is 2.44. The van der Waals surface area contributed by atoms with Crippen LogP contribution in [0.4, 0.5) is 26.3 Å². The zero-order valence-corrected chi connectivity index (χ0v) is 14.1. The summed E-state index contributed by atoms with van der Waals surface area (Å²) in [5.74, 6) is 0. The summed E-state index contributed by atoms with van der Waals surface area (Å²) < 4.78 is 80.6. The van der Waals surface area contributed by atoms with Crippen LogP contribution in [0.3, 0.4) is 0 Å². The van der Waals surface area contributed by atoms with Crippen molar-refractivity contribution in [2.75, 3.05) is 0 Å². The lowest BCUT2D eigenvalue weighted by molar-refractivity contribution is -0.143. The van der Waals surface area contributed by atoms with Gasteiger partial charge in [-0.2, -0.15) is 26.3 Å². The molecule has 0 aliphatic rings. The van der Waals surface area contributed by atoms with Crippen LogP contribution in [0.2, 0.25) is 0 Å². The van der Waals surface area contributed by atoms with Gasteiger partial charge in [-0.25, -0.2) is 0 Å². The number of benzene rings is 2. The maximum Gasteiger partial charge on any atom is 0.416 e. The summed E-state index contributed by atoms with van der Waals surface area (Å²) in [4.78, 5) is 3.76. The zero-order valence-electron chi connectivity index (χ0n) is 14.1. The Labute approximate surface area is 156 Å². The molecule has 3 rings (SSSR count). The van der Waals surface area contributed by atoms with E-state index in [-0.39, 0.29) is 11.1 Å². The lowest BCUT2D eigenvalue weighted by atomic mass is 9.78. The molecular weight excluding hydrogens is 384 g/mol. The van der Waals surface area contributed by atoms with Crippen LogP contribution in [0.15, 0.2) is 73.1 Å². The van der Waals surface area contributed by atoms with Crippen molar-refractivity contribution in [2.45, 2.75) is 18.0 Å². The summed E-state index contributed by atoms with van der Waals surface area (Å²) in [7, 11) is 0. The third kappa shape index (κ3) is 3.60. The molecule has 28 heavy (non-hydrogen) atoms. The minimum absolute atomic E-state index is 0.00831. The summed E-state index contributed by atoms with van der Waals surface area (Å²) in [6.45, 7) is 0. The lowest BCUT2D eigenvalue weighted by Gasteiger charge is -2.32. The molecule has 2 nitrogen and oxygen atoms in total. The molecule has 0 bridgehead atoms. The fourth-order valence-corrected chi connectivity index (χ4v) is 3.02. The average molecular weight is 397 g/mol. The monoisotopic (exact) mass is 397 g/mol. The van der Waals surface area contributed by atoms with Crippen molar-refractivity contribution >= 4 is 0 Å².